The van der Waals surface area contributed by atoms with E-state index >= 15 is 0 Å². The van der Waals surface area contributed by atoms with Gasteiger partial charge in [0.2, 0.25) is 0 Å². The van der Waals surface area contributed by atoms with Crippen LogP contribution >= 0.6 is 0 Å². The molecule has 2 N–H and O–H groups in total. The Morgan fingerprint density at radius 3 is 3.06 bits per heavy atom. The van der Waals surface area contributed by atoms with Crippen molar-refractivity contribution in [3.63, 3.8) is 0 Å². The van der Waals surface area contributed by atoms with Crippen LogP contribution in [0, 0.1) is 0 Å². The Kier molecular flexibility index (Phi) is 3.05. The molecule has 1 saturated heterocycles. The van der Waals surface area contributed by atoms with Crippen LogP contribution in [0.25, 0.3) is 0 Å². The Morgan fingerprint density at radius 1 is 1.50 bits per heavy atom. The lowest BCUT2D eigenvalue weighted by atomic mass is 9.89. The number of amides is 1. The number of carbonyl (C=O) groups excluding carboxylic acids is 1. The highest BCUT2D eigenvalue weighted by atomic mass is 16.7. The highest BCUT2D eigenvalue weighted by Crippen LogP contribution is 2.35. The number of nitrogens with zero attached hydrogens (tertiary/aromatic N) is 1. The molecule has 1 aliphatic carbocycles. The molecule has 1 unspecified atom stereocenters. The largest absolute Gasteiger partial charge is 0.348 e. The summed E-state index contributed by atoms with van der Waals surface area (Å²) in [6.07, 6.45) is 5.19. The maximum Gasteiger partial charge on any atom is 0.269 e. The number of nitrogens with one attached hydrogen (secondary N) is 2. The summed E-state index contributed by atoms with van der Waals surface area (Å²) in [4.78, 5) is 11.9. The summed E-state index contributed by atoms with van der Waals surface area (Å²) in [5, 5.41) is 9.44. The van der Waals surface area contributed by atoms with E-state index in [2.05, 4.69) is 15.5 Å². The molecule has 1 aliphatic heterocycles. The lowest BCUT2D eigenvalue weighted by Gasteiger charge is -2.36. The Balaban J connectivity index is 1.61. The van der Waals surface area contributed by atoms with Crippen LogP contribution in [0.15, 0.2) is 12.3 Å². The minimum Gasteiger partial charge on any atom is -0.348 e. The van der Waals surface area contributed by atoms with E-state index in [1.165, 1.54) is 0 Å². The number of carbonyl (C=O) groups is 1. The highest BCUT2D eigenvalue weighted by molar-refractivity contribution is 5.92. The summed E-state index contributed by atoms with van der Waals surface area (Å²) in [5.41, 5.74) is 0.489. The number of ether oxygens (including phenoxy) is 2. The topological polar surface area (TPSA) is 76.2 Å². The third-order valence-corrected chi connectivity index (χ3v) is 3.56. The molecule has 0 bridgehead atoms. The minimum absolute atomic E-state index is 0.104. The summed E-state index contributed by atoms with van der Waals surface area (Å²) in [7, 11) is 0. The molecule has 2 fully saturated rings. The Labute approximate surface area is 105 Å². The summed E-state index contributed by atoms with van der Waals surface area (Å²) in [6, 6.07) is 1.77. The van der Waals surface area contributed by atoms with Crippen LogP contribution < -0.4 is 5.32 Å². The van der Waals surface area contributed by atoms with Gasteiger partial charge in [-0.2, -0.15) is 5.10 Å². The van der Waals surface area contributed by atoms with Crippen molar-refractivity contribution < 1.29 is 14.3 Å². The molecule has 2 aliphatic rings. The van der Waals surface area contributed by atoms with Crippen LogP contribution in [-0.4, -0.2) is 41.1 Å². The fourth-order valence-corrected chi connectivity index (χ4v) is 2.73. The molecule has 3 rings (SSSR count). The maximum absolute atomic E-state index is 11.9. The smallest absolute Gasteiger partial charge is 0.269 e. The van der Waals surface area contributed by atoms with Gasteiger partial charge < -0.3 is 14.8 Å². The van der Waals surface area contributed by atoms with Gasteiger partial charge in [0.05, 0.1) is 13.2 Å². The number of aromatic nitrogens is 2. The van der Waals surface area contributed by atoms with Crippen molar-refractivity contribution in [1.82, 2.24) is 15.5 Å². The zero-order valence-electron chi connectivity index (χ0n) is 10.1. The first-order valence-electron chi connectivity index (χ1n) is 6.36. The average Bonchev–Trinajstić information content (AvgIpc) is 3.01. The number of H-pyrrole nitrogens is 1. The summed E-state index contributed by atoms with van der Waals surface area (Å²) < 4.78 is 11.4. The molecule has 2 heterocycles. The quantitative estimate of drug-likeness (QED) is 0.816. The van der Waals surface area contributed by atoms with E-state index in [0.29, 0.717) is 18.9 Å². The van der Waals surface area contributed by atoms with Crippen molar-refractivity contribution in [3.05, 3.63) is 18.0 Å². The fraction of sp³-hybridized carbons (Fsp3) is 0.667. The summed E-state index contributed by atoms with van der Waals surface area (Å²) >= 11 is 0. The predicted octanol–water partition coefficient (Wildman–Crippen LogP) is 0.825. The molecule has 1 aromatic heterocycles. The second-order valence-corrected chi connectivity index (χ2v) is 4.84. The van der Waals surface area contributed by atoms with Crippen LogP contribution in [0.1, 0.15) is 36.2 Å². The van der Waals surface area contributed by atoms with Gasteiger partial charge in [-0.3, -0.25) is 9.89 Å². The first kappa shape index (κ1) is 11.7. The summed E-state index contributed by atoms with van der Waals surface area (Å²) in [5.74, 6) is -0.572. The molecule has 0 radical (unpaired) electrons. The van der Waals surface area contributed by atoms with Crippen LogP contribution in [0.2, 0.25) is 0 Å². The van der Waals surface area contributed by atoms with Gasteiger partial charge in [0.1, 0.15) is 5.69 Å². The lowest BCUT2D eigenvalue weighted by molar-refractivity contribution is -0.181. The van der Waals surface area contributed by atoms with Gasteiger partial charge in [-0.15, -0.1) is 0 Å². The number of rotatable bonds is 2. The highest BCUT2D eigenvalue weighted by Gasteiger charge is 2.41. The van der Waals surface area contributed by atoms with Crippen LogP contribution in [-0.2, 0) is 9.47 Å². The minimum atomic E-state index is -0.454. The standard InChI is InChI=1S/C12H17N3O3/c16-11(10-3-5-13-15-10)14-9-2-1-4-12(8-9)17-6-7-18-12/h3,5,9H,1-2,4,6-8H2,(H,13,15)(H,14,16). The number of hydrogen-bond donors (Lipinski definition) is 2. The van der Waals surface area contributed by atoms with Gasteiger partial charge in [-0.1, -0.05) is 0 Å². The third kappa shape index (κ3) is 2.26. The monoisotopic (exact) mass is 251 g/mol. The van der Waals surface area contributed by atoms with E-state index in [4.69, 9.17) is 9.47 Å². The molecule has 6 nitrogen and oxygen atoms in total. The lowest BCUT2D eigenvalue weighted by Crippen LogP contribution is -2.46. The van der Waals surface area contributed by atoms with E-state index in [1.54, 1.807) is 12.3 Å². The first-order valence-corrected chi connectivity index (χ1v) is 6.36. The van der Waals surface area contributed by atoms with Crippen molar-refractivity contribution in [2.75, 3.05) is 13.2 Å². The van der Waals surface area contributed by atoms with Gasteiger partial charge in [0.15, 0.2) is 5.79 Å². The number of aromatic amines is 1. The van der Waals surface area contributed by atoms with E-state index in [-0.39, 0.29) is 11.9 Å². The van der Waals surface area contributed by atoms with E-state index < -0.39 is 5.79 Å². The molecule has 0 aromatic carbocycles. The predicted molar refractivity (Wildman–Crippen MR) is 62.9 cm³/mol. The molecule has 6 heteroatoms. The average molecular weight is 251 g/mol. The first-order chi connectivity index (χ1) is 8.77. The molecule has 1 saturated carbocycles. The SMILES string of the molecule is O=C(NC1CCCC2(C1)OCCO2)c1ccn[nH]1. The maximum atomic E-state index is 11.9. The molecule has 1 aromatic rings. The van der Waals surface area contributed by atoms with Crippen molar-refractivity contribution >= 4 is 5.91 Å². The van der Waals surface area contributed by atoms with Gasteiger partial charge in [0.25, 0.3) is 5.91 Å². The van der Waals surface area contributed by atoms with E-state index in [0.717, 1.165) is 25.7 Å². The van der Waals surface area contributed by atoms with Crippen molar-refractivity contribution in [2.24, 2.45) is 0 Å². The van der Waals surface area contributed by atoms with Crippen LogP contribution in [0.4, 0.5) is 0 Å². The second kappa shape index (κ2) is 4.70. The molecule has 98 valence electrons. The third-order valence-electron chi connectivity index (χ3n) is 3.56. The van der Waals surface area contributed by atoms with Gasteiger partial charge in [0, 0.05) is 25.1 Å². The molecule has 1 spiro atoms. The molecular formula is C12H17N3O3. The van der Waals surface area contributed by atoms with Gasteiger partial charge >= 0.3 is 0 Å². The van der Waals surface area contributed by atoms with Crippen molar-refractivity contribution in [1.29, 1.82) is 0 Å². The zero-order chi connectivity index (χ0) is 12.4. The van der Waals surface area contributed by atoms with Gasteiger partial charge in [-0.25, -0.2) is 0 Å². The molecule has 1 amide bonds. The normalized spacial score (nSPS) is 26.3. The zero-order valence-corrected chi connectivity index (χ0v) is 10.1. The van der Waals surface area contributed by atoms with Crippen LogP contribution in [0.3, 0.4) is 0 Å². The fourth-order valence-electron chi connectivity index (χ4n) is 2.73. The number of hydrogen-bond acceptors (Lipinski definition) is 4. The molecule has 18 heavy (non-hydrogen) atoms. The summed E-state index contributed by atoms with van der Waals surface area (Å²) in [6.45, 7) is 1.31. The Morgan fingerprint density at radius 2 is 2.33 bits per heavy atom. The van der Waals surface area contributed by atoms with E-state index in [1.807, 2.05) is 0 Å². The molecular weight excluding hydrogens is 234 g/mol. The van der Waals surface area contributed by atoms with Gasteiger partial charge in [-0.05, 0) is 18.9 Å². The second-order valence-electron chi connectivity index (χ2n) is 4.84. The molecule has 1 atom stereocenters. The Bertz CT molecular complexity index is 412. The van der Waals surface area contributed by atoms with E-state index in [9.17, 15) is 4.79 Å². The Hall–Kier alpha value is -1.40. The van der Waals surface area contributed by atoms with Crippen molar-refractivity contribution in [3.8, 4) is 0 Å². The van der Waals surface area contributed by atoms with Crippen LogP contribution in [0.5, 0.6) is 0 Å². The van der Waals surface area contributed by atoms with Crippen molar-refractivity contribution in [2.45, 2.75) is 37.5 Å².